The van der Waals surface area contributed by atoms with Gasteiger partial charge in [-0.1, -0.05) is 25.4 Å². The molecule has 1 saturated heterocycles. The molecule has 0 saturated carbocycles. The van der Waals surface area contributed by atoms with Gasteiger partial charge in [0.1, 0.15) is 0 Å². The minimum absolute atomic E-state index is 0.0485. The molecule has 2 heterocycles. The molecule has 21 heavy (non-hydrogen) atoms. The first kappa shape index (κ1) is 16.7. The summed E-state index contributed by atoms with van der Waals surface area (Å²) in [6, 6.07) is 4.02. The number of carbonyl (C=O) groups is 1. The lowest BCUT2D eigenvalue weighted by molar-refractivity contribution is -0.138. The molecule has 1 aromatic rings. The molecule has 1 aliphatic heterocycles. The third-order valence-corrected chi connectivity index (χ3v) is 5.28. The predicted molar refractivity (Wildman–Crippen MR) is 88.6 cm³/mol. The van der Waals surface area contributed by atoms with Crippen LogP contribution in [0.5, 0.6) is 0 Å². The largest absolute Gasteiger partial charge is 0.340 e. The Labute approximate surface area is 135 Å². The second-order valence-corrected chi connectivity index (χ2v) is 7.69. The molecule has 1 fully saturated rings. The van der Waals surface area contributed by atoms with Crippen LogP contribution in [0.2, 0.25) is 4.34 Å². The van der Waals surface area contributed by atoms with E-state index in [1.54, 1.807) is 11.3 Å². The van der Waals surface area contributed by atoms with Gasteiger partial charge in [-0.3, -0.25) is 9.69 Å². The van der Waals surface area contributed by atoms with E-state index in [1.807, 2.05) is 11.0 Å². The van der Waals surface area contributed by atoms with Gasteiger partial charge in [0.05, 0.1) is 10.3 Å². The summed E-state index contributed by atoms with van der Waals surface area (Å²) >= 11 is 7.59. The number of amides is 1. The molecule has 1 aliphatic rings. The van der Waals surface area contributed by atoms with Crippen molar-refractivity contribution in [2.24, 2.45) is 17.6 Å². The fourth-order valence-electron chi connectivity index (χ4n) is 2.68. The zero-order valence-corrected chi connectivity index (χ0v) is 14.3. The number of piperazine rings is 1. The van der Waals surface area contributed by atoms with E-state index in [1.165, 1.54) is 4.88 Å². The monoisotopic (exact) mass is 329 g/mol. The first-order valence-electron chi connectivity index (χ1n) is 7.46. The standard InChI is InChI=1S/C15H24ClN3OS/c1-11(2)13(9-17)15(20)19-7-5-18(6-8-19)10-12-3-4-14(16)21-12/h3-4,11,13H,5-10,17H2,1-2H3. The van der Waals surface area contributed by atoms with E-state index in [2.05, 4.69) is 24.8 Å². The number of carbonyl (C=O) groups excluding carboxylic acids is 1. The van der Waals surface area contributed by atoms with Crippen molar-refractivity contribution in [3.63, 3.8) is 0 Å². The Balaban J connectivity index is 1.84. The van der Waals surface area contributed by atoms with E-state index in [0.717, 1.165) is 37.1 Å². The average Bonchev–Trinajstić information content (AvgIpc) is 2.85. The third kappa shape index (κ3) is 4.42. The summed E-state index contributed by atoms with van der Waals surface area (Å²) in [4.78, 5) is 18.1. The maximum atomic E-state index is 12.5. The predicted octanol–water partition coefficient (Wildman–Crippen LogP) is 2.28. The first-order chi connectivity index (χ1) is 10.0. The minimum Gasteiger partial charge on any atom is -0.340 e. The fourth-order valence-corrected chi connectivity index (χ4v) is 3.81. The van der Waals surface area contributed by atoms with Gasteiger partial charge in [-0.15, -0.1) is 11.3 Å². The van der Waals surface area contributed by atoms with Crippen molar-refractivity contribution in [1.29, 1.82) is 0 Å². The van der Waals surface area contributed by atoms with Gasteiger partial charge in [-0.25, -0.2) is 0 Å². The summed E-state index contributed by atoms with van der Waals surface area (Å²) in [7, 11) is 0. The normalized spacial score (nSPS) is 18.2. The maximum absolute atomic E-state index is 12.5. The van der Waals surface area contributed by atoms with E-state index >= 15 is 0 Å². The van der Waals surface area contributed by atoms with E-state index in [0.29, 0.717) is 12.5 Å². The molecule has 2 N–H and O–H groups in total. The Morgan fingerprint density at radius 3 is 2.48 bits per heavy atom. The van der Waals surface area contributed by atoms with Crippen LogP contribution in [0.1, 0.15) is 18.7 Å². The van der Waals surface area contributed by atoms with Gasteiger partial charge in [0.2, 0.25) is 5.91 Å². The maximum Gasteiger partial charge on any atom is 0.227 e. The Hall–Kier alpha value is -0.620. The van der Waals surface area contributed by atoms with Gasteiger partial charge >= 0.3 is 0 Å². The molecule has 6 heteroatoms. The van der Waals surface area contributed by atoms with Crippen LogP contribution in [0.15, 0.2) is 12.1 Å². The Morgan fingerprint density at radius 2 is 2.00 bits per heavy atom. The minimum atomic E-state index is -0.0485. The number of hydrogen-bond acceptors (Lipinski definition) is 4. The summed E-state index contributed by atoms with van der Waals surface area (Å²) in [6.07, 6.45) is 0. The van der Waals surface area contributed by atoms with Crippen molar-refractivity contribution in [2.75, 3.05) is 32.7 Å². The Kier molecular flexibility index (Phi) is 6.05. The van der Waals surface area contributed by atoms with Crippen LogP contribution < -0.4 is 5.73 Å². The summed E-state index contributed by atoms with van der Waals surface area (Å²) in [5, 5.41) is 0. The Morgan fingerprint density at radius 1 is 1.33 bits per heavy atom. The molecule has 0 radical (unpaired) electrons. The molecule has 1 aromatic heterocycles. The van der Waals surface area contributed by atoms with Crippen LogP contribution >= 0.6 is 22.9 Å². The summed E-state index contributed by atoms with van der Waals surface area (Å²) < 4.78 is 0.835. The first-order valence-corrected chi connectivity index (χ1v) is 8.66. The molecule has 4 nitrogen and oxygen atoms in total. The van der Waals surface area contributed by atoms with Gasteiger partial charge in [-0.2, -0.15) is 0 Å². The van der Waals surface area contributed by atoms with Gasteiger partial charge in [0, 0.05) is 44.1 Å². The van der Waals surface area contributed by atoms with Crippen molar-refractivity contribution in [1.82, 2.24) is 9.80 Å². The average molecular weight is 330 g/mol. The second-order valence-electron chi connectivity index (χ2n) is 5.89. The molecular weight excluding hydrogens is 306 g/mol. The molecule has 1 atom stereocenters. The van der Waals surface area contributed by atoms with Crippen LogP contribution in [0.3, 0.4) is 0 Å². The Bertz CT molecular complexity index is 469. The van der Waals surface area contributed by atoms with Crippen LogP contribution in [-0.4, -0.2) is 48.4 Å². The highest BCUT2D eigenvalue weighted by Gasteiger charge is 2.28. The highest BCUT2D eigenvalue weighted by atomic mass is 35.5. The van der Waals surface area contributed by atoms with Crippen molar-refractivity contribution in [2.45, 2.75) is 20.4 Å². The zero-order valence-electron chi connectivity index (χ0n) is 12.7. The summed E-state index contributed by atoms with van der Waals surface area (Å²) in [5.74, 6) is 0.466. The zero-order chi connectivity index (χ0) is 15.4. The van der Waals surface area contributed by atoms with Crippen LogP contribution in [-0.2, 0) is 11.3 Å². The quantitative estimate of drug-likeness (QED) is 0.901. The lowest BCUT2D eigenvalue weighted by Crippen LogP contribution is -2.51. The van der Waals surface area contributed by atoms with E-state index in [4.69, 9.17) is 17.3 Å². The molecule has 0 bridgehead atoms. The number of halogens is 1. The highest BCUT2D eigenvalue weighted by Crippen LogP contribution is 2.23. The summed E-state index contributed by atoms with van der Waals surface area (Å²) in [5.41, 5.74) is 5.74. The van der Waals surface area contributed by atoms with Crippen molar-refractivity contribution in [3.8, 4) is 0 Å². The molecule has 1 unspecified atom stereocenters. The number of rotatable bonds is 5. The number of thiophene rings is 1. The topological polar surface area (TPSA) is 49.6 Å². The number of nitrogens with zero attached hydrogens (tertiary/aromatic N) is 2. The smallest absolute Gasteiger partial charge is 0.227 e. The van der Waals surface area contributed by atoms with Crippen molar-refractivity contribution in [3.05, 3.63) is 21.3 Å². The van der Waals surface area contributed by atoms with Crippen LogP contribution in [0.4, 0.5) is 0 Å². The van der Waals surface area contributed by atoms with Crippen molar-refractivity contribution < 1.29 is 4.79 Å². The van der Waals surface area contributed by atoms with Crippen molar-refractivity contribution >= 4 is 28.8 Å². The molecular formula is C15H24ClN3OS. The fraction of sp³-hybridized carbons (Fsp3) is 0.667. The lowest BCUT2D eigenvalue weighted by atomic mass is 9.94. The highest BCUT2D eigenvalue weighted by molar-refractivity contribution is 7.16. The van der Waals surface area contributed by atoms with Gasteiger partial charge in [0.15, 0.2) is 0 Å². The molecule has 0 spiro atoms. The SMILES string of the molecule is CC(C)C(CN)C(=O)N1CCN(Cc2ccc(Cl)s2)CC1. The van der Waals surface area contributed by atoms with Crippen LogP contribution in [0, 0.1) is 11.8 Å². The van der Waals surface area contributed by atoms with E-state index < -0.39 is 0 Å². The number of hydrogen-bond donors (Lipinski definition) is 1. The molecule has 0 aromatic carbocycles. The molecule has 1 amide bonds. The molecule has 118 valence electrons. The summed E-state index contributed by atoms with van der Waals surface area (Å²) in [6.45, 7) is 8.89. The molecule has 2 rings (SSSR count). The number of nitrogens with two attached hydrogens (primary N) is 1. The van der Waals surface area contributed by atoms with Gasteiger partial charge in [-0.05, 0) is 18.1 Å². The molecule has 0 aliphatic carbocycles. The van der Waals surface area contributed by atoms with E-state index in [9.17, 15) is 4.79 Å². The van der Waals surface area contributed by atoms with E-state index in [-0.39, 0.29) is 11.8 Å². The third-order valence-electron chi connectivity index (χ3n) is 4.07. The van der Waals surface area contributed by atoms with Gasteiger partial charge < -0.3 is 10.6 Å². The second kappa shape index (κ2) is 7.58. The lowest BCUT2D eigenvalue weighted by Gasteiger charge is -2.36. The van der Waals surface area contributed by atoms with Crippen LogP contribution in [0.25, 0.3) is 0 Å². The van der Waals surface area contributed by atoms with Gasteiger partial charge in [0.25, 0.3) is 0 Å².